The van der Waals surface area contributed by atoms with E-state index in [0.717, 1.165) is 0 Å². The highest BCUT2D eigenvalue weighted by Crippen LogP contribution is 2.37. The van der Waals surface area contributed by atoms with Crippen LogP contribution < -0.4 is 10.5 Å². The lowest BCUT2D eigenvalue weighted by atomic mass is 10.3. The number of nitrogens with two attached hydrogens (primary N) is 1. The van der Waals surface area contributed by atoms with Crippen LogP contribution in [0.2, 0.25) is 0 Å². The average Bonchev–Trinajstić information content (AvgIpc) is 2.26. The van der Waals surface area contributed by atoms with E-state index >= 15 is 0 Å². The van der Waals surface area contributed by atoms with Gasteiger partial charge in [0.2, 0.25) is 0 Å². The highest BCUT2D eigenvalue weighted by molar-refractivity contribution is 9.11. The Kier molecular flexibility index (Phi) is 3.63. The highest BCUT2D eigenvalue weighted by atomic mass is 79.9. The van der Waals surface area contributed by atoms with Crippen LogP contribution >= 0.6 is 31.9 Å². The van der Waals surface area contributed by atoms with E-state index in [9.17, 15) is 4.39 Å². The van der Waals surface area contributed by atoms with Gasteiger partial charge in [-0.15, -0.1) is 0 Å². The Labute approximate surface area is 114 Å². The molecule has 17 heavy (non-hydrogen) atoms. The van der Waals surface area contributed by atoms with Crippen LogP contribution in [0, 0.1) is 5.82 Å². The molecule has 0 atom stereocenters. The predicted molar refractivity (Wildman–Crippen MR) is 70.5 cm³/mol. The minimum atomic E-state index is -0.342. The molecule has 2 N–H and O–H groups in total. The van der Waals surface area contributed by atoms with Crippen LogP contribution in [0.15, 0.2) is 39.5 Å². The molecule has 0 spiro atoms. The molecule has 0 aliphatic heterocycles. The van der Waals surface area contributed by atoms with Crippen LogP contribution in [-0.2, 0) is 0 Å². The van der Waals surface area contributed by atoms with E-state index in [-0.39, 0.29) is 5.82 Å². The average molecular weight is 362 g/mol. The van der Waals surface area contributed by atoms with Crippen molar-refractivity contribution in [2.24, 2.45) is 0 Å². The maximum absolute atomic E-state index is 12.9. The normalized spacial score (nSPS) is 10.3. The first-order valence-electron chi connectivity index (χ1n) is 4.60. The van der Waals surface area contributed by atoms with Crippen LogP contribution in [0.1, 0.15) is 0 Å². The maximum Gasteiger partial charge on any atom is 0.167 e. The number of anilines is 1. The molecule has 1 aromatic carbocycles. The SMILES string of the molecule is Nc1cncc(Br)c1Oc1ccc(F)cc1Br. The second-order valence-corrected chi connectivity index (χ2v) is 4.93. The van der Waals surface area contributed by atoms with Crippen molar-refractivity contribution < 1.29 is 9.13 Å². The van der Waals surface area contributed by atoms with Gasteiger partial charge in [-0.1, -0.05) is 0 Å². The van der Waals surface area contributed by atoms with Gasteiger partial charge in [0.15, 0.2) is 5.75 Å². The number of aromatic nitrogens is 1. The van der Waals surface area contributed by atoms with Gasteiger partial charge in [0.25, 0.3) is 0 Å². The second kappa shape index (κ2) is 5.01. The Morgan fingerprint density at radius 2 is 1.94 bits per heavy atom. The summed E-state index contributed by atoms with van der Waals surface area (Å²) in [6.45, 7) is 0. The molecule has 3 nitrogen and oxygen atoms in total. The fraction of sp³-hybridized carbons (Fsp3) is 0. The summed E-state index contributed by atoms with van der Waals surface area (Å²) in [5, 5.41) is 0. The Morgan fingerprint density at radius 3 is 2.59 bits per heavy atom. The van der Waals surface area contributed by atoms with Gasteiger partial charge in [-0.05, 0) is 50.1 Å². The zero-order valence-corrected chi connectivity index (χ0v) is 11.6. The third-order valence-corrected chi connectivity index (χ3v) is 3.17. The molecule has 6 heteroatoms. The van der Waals surface area contributed by atoms with E-state index in [4.69, 9.17) is 10.5 Å². The number of hydrogen-bond acceptors (Lipinski definition) is 3. The molecular weight excluding hydrogens is 355 g/mol. The smallest absolute Gasteiger partial charge is 0.167 e. The van der Waals surface area contributed by atoms with E-state index in [1.165, 1.54) is 24.4 Å². The van der Waals surface area contributed by atoms with Gasteiger partial charge < -0.3 is 10.5 Å². The van der Waals surface area contributed by atoms with Gasteiger partial charge in [-0.2, -0.15) is 0 Å². The standard InChI is InChI=1S/C11H7Br2FN2O/c12-7-3-6(14)1-2-10(7)17-11-8(13)4-16-5-9(11)15/h1-5H,15H2. The number of nitrogen functional groups attached to an aromatic ring is 1. The summed E-state index contributed by atoms with van der Waals surface area (Å²) in [5.41, 5.74) is 6.14. The molecule has 0 radical (unpaired) electrons. The summed E-state index contributed by atoms with van der Waals surface area (Å²) >= 11 is 6.50. The van der Waals surface area contributed by atoms with Crippen LogP contribution in [0.5, 0.6) is 11.5 Å². The van der Waals surface area contributed by atoms with Gasteiger partial charge in [0.05, 0.1) is 20.8 Å². The van der Waals surface area contributed by atoms with Crippen LogP contribution in [0.4, 0.5) is 10.1 Å². The molecule has 0 amide bonds. The predicted octanol–water partition coefficient (Wildman–Crippen LogP) is 4.12. The molecule has 2 aromatic rings. The first-order valence-corrected chi connectivity index (χ1v) is 6.18. The lowest BCUT2D eigenvalue weighted by molar-refractivity contribution is 0.476. The Hall–Kier alpha value is -1.14. The number of nitrogens with zero attached hydrogens (tertiary/aromatic N) is 1. The van der Waals surface area contributed by atoms with Crippen molar-refractivity contribution in [1.82, 2.24) is 4.98 Å². The third-order valence-electron chi connectivity index (χ3n) is 1.99. The number of halogens is 3. The summed E-state index contributed by atoms with van der Waals surface area (Å²) in [6, 6.07) is 4.15. The first kappa shape index (κ1) is 12.3. The van der Waals surface area contributed by atoms with Crippen molar-refractivity contribution >= 4 is 37.5 Å². The summed E-state index contributed by atoms with van der Waals surface area (Å²) in [7, 11) is 0. The zero-order valence-electron chi connectivity index (χ0n) is 8.45. The molecule has 0 aliphatic rings. The van der Waals surface area contributed by atoms with Crippen LogP contribution in [-0.4, -0.2) is 4.98 Å². The minimum absolute atomic E-state index is 0.342. The number of pyridine rings is 1. The van der Waals surface area contributed by atoms with Gasteiger partial charge in [0.1, 0.15) is 11.6 Å². The Bertz CT molecular complexity index is 543. The fourth-order valence-electron chi connectivity index (χ4n) is 1.21. The monoisotopic (exact) mass is 360 g/mol. The van der Waals surface area contributed by atoms with Gasteiger partial charge in [-0.25, -0.2) is 4.39 Å². The van der Waals surface area contributed by atoms with Crippen molar-refractivity contribution in [3.8, 4) is 11.5 Å². The third kappa shape index (κ3) is 2.76. The summed E-state index contributed by atoms with van der Waals surface area (Å²) in [4.78, 5) is 3.90. The zero-order chi connectivity index (χ0) is 12.4. The molecule has 0 aliphatic carbocycles. The van der Waals surface area contributed by atoms with Crippen molar-refractivity contribution in [1.29, 1.82) is 0 Å². The van der Waals surface area contributed by atoms with E-state index in [1.54, 1.807) is 6.20 Å². The molecular formula is C11H7Br2FN2O. The molecule has 0 saturated heterocycles. The number of ether oxygens (including phenoxy) is 1. The lowest BCUT2D eigenvalue weighted by Crippen LogP contribution is -1.95. The van der Waals surface area contributed by atoms with Crippen molar-refractivity contribution in [3.05, 3.63) is 45.4 Å². The molecule has 88 valence electrons. The number of benzene rings is 1. The lowest BCUT2D eigenvalue weighted by Gasteiger charge is -2.11. The molecule has 0 bridgehead atoms. The number of rotatable bonds is 2. The quantitative estimate of drug-likeness (QED) is 0.875. The second-order valence-electron chi connectivity index (χ2n) is 3.22. The van der Waals surface area contributed by atoms with Crippen molar-refractivity contribution in [3.63, 3.8) is 0 Å². The summed E-state index contributed by atoms with van der Waals surface area (Å²) in [6.07, 6.45) is 3.06. The molecule has 1 aromatic heterocycles. The topological polar surface area (TPSA) is 48.1 Å². The Balaban J connectivity index is 2.38. The minimum Gasteiger partial charge on any atom is -0.453 e. The molecule has 0 fully saturated rings. The fourth-order valence-corrected chi connectivity index (χ4v) is 2.07. The van der Waals surface area contributed by atoms with Crippen molar-refractivity contribution in [2.45, 2.75) is 0 Å². The Morgan fingerprint density at radius 1 is 1.18 bits per heavy atom. The largest absolute Gasteiger partial charge is 0.453 e. The van der Waals surface area contributed by atoms with Crippen LogP contribution in [0.3, 0.4) is 0 Å². The maximum atomic E-state index is 12.9. The molecule has 2 rings (SSSR count). The van der Waals surface area contributed by atoms with E-state index in [1.807, 2.05) is 0 Å². The number of hydrogen-bond donors (Lipinski definition) is 1. The first-order chi connectivity index (χ1) is 8.08. The van der Waals surface area contributed by atoms with Gasteiger partial charge >= 0.3 is 0 Å². The summed E-state index contributed by atoms with van der Waals surface area (Å²) in [5.74, 6) is 0.586. The van der Waals surface area contributed by atoms with E-state index in [0.29, 0.717) is 26.1 Å². The van der Waals surface area contributed by atoms with Gasteiger partial charge in [-0.3, -0.25) is 4.98 Å². The molecule has 0 saturated carbocycles. The van der Waals surface area contributed by atoms with Crippen molar-refractivity contribution in [2.75, 3.05) is 5.73 Å². The molecule has 0 unspecified atom stereocenters. The van der Waals surface area contributed by atoms with E-state index < -0.39 is 0 Å². The highest BCUT2D eigenvalue weighted by Gasteiger charge is 2.10. The van der Waals surface area contributed by atoms with E-state index in [2.05, 4.69) is 36.8 Å². The molecule has 1 heterocycles. The van der Waals surface area contributed by atoms with Gasteiger partial charge in [0, 0.05) is 6.20 Å². The van der Waals surface area contributed by atoms with Crippen LogP contribution in [0.25, 0.3) is 0 Å². The summed E-state index contributed by atoms with van der Waals surface area (Å²) < 4.78 is 19.7.